The van der Waals surface area contributed by atoms with Crippen LogP contribution in [0.25, 0.3) is 0 Å². The maximum Gasteiger partial charge on any atom is 0.133 e. The van der Waals surface area contributed by atoms with Crippen LogP contribution in [0.15, 0.2) is 0 Å². The molecule has 0 heterocycles. The van der Waals surface area contributed by atoms with E-state index in [9.17, 15) is 4.79 Å². The van der Waals surface area contributed by atoms with Gasteiger partial charge in [0.2, 0.25) is 0 Å². The van der Waals surface area contributed by atoms with Gasteiger partial charge in [-0.25, -0.2) is 0 Å². The minimum Gasteiger partial charge on any atom is -0.394 e. The Labute approximate surface area is 520 Å². The van der Waals surface area contributed by atoms with Crippen molar-refractivity contribution in [3.8, 4) is 0 Å². The first-order chi connectivity index (χ1) is 39.0. The molecule has 11 N–H and O–H groups in total. The van der Waals surface area contributed by atoms with Gasteiger partial charge in [0.05, 0.1) is 172 Å². The van der Waals surface area contributed by atoms with Crippen LogP contribution in [0.1, 0.15) is 121 Å². The molecule has 25 heteroatoms. The normalized spacial score (nSPS) is 9.47. The van der Waals surface area contributed by atoms with E-state index in [1.165, 1.54) is 32.1 Å². The van der Waals surface area contributed by atoms with Crippen LogP contribution < -0.4 is 22.9 Å². The van der Waals surface area contributed by atoms with Crippen molar-refractivity contribution in [1.82, 2.24) is 0 Å². The first-order valence-electron chi connectivity index (χ1n) is 29.1. The van der Waals surface area contributed by atoms with E-state index in [1.54, 1.807) is 0 Å². The summed E-state index contributed by atoms with van der Waals surface area (Å²) in [7, 11) is 0. The van der Waals surface area contributed by atoms with Gasteiger partial charge in [-0.3, -0.25) is 4.79 Å². The van der Waals surface area contributed by atoms with E-state index < -0.39 is 0 Å². The lowest BCUT2D eigenvalue weighted by Gasteiger charge is -2.04. The molecule has 500 valence electrons. The number of rotatable bonds is 46. The maximum atomic E-state index is 11.1. The van der Waals surface area contributed by atoms with Gasteiger partial charge in [-0.1, -0.05) is 101 Å². The largest absolute Gasteiger partial charge is 0.394 e. The molecule has 0 saturated heterocycles. The van der Waals surface area contributed by atoms with Crippen molar-refractivity contribution in [3.05, 3.63) is 0 Å². The number of carbonyl (C=O) groups excluding carboxylic acids is 1. The minimum absolute atomic E-state index is 0.0399. The zero-order chi connectivity index (χ0) is 63.2. The van der Waals surface area contributed by atoms with Gasteiger partial charge >= 0.3 is 0 Å². The fourth-order valence-corrected chi connectivity index (χ4v) is 4.10. The van der Waals surface area contributed by atoms with Crippen molar-refractivity contribution in [2.24, 2.45) is 22.9 Å². The van der Waals surface area contributed by atoms with Gasteiger partial charge in [0.1, 0.15) is 5.78 Å². The van der Waals surface area contributed by atoms with Crippen LogP contribution in [0, 0.1) is 0 Å². The number of aliphatic hydroxyl groups excluding tert-OH is 3. The van der Waals surface area contributed by atoms with Crippen LogP contribution in [-0.2, 0) is 61.6 Å². The Kier molecular flexibility index (Phi) is 183. The average molecular weight is 1270 g/mol. The highest BCUT2D eigenvalue weighted by molar-refractivity contribution is 7.80. The van der Waals surface area contributed by atoms with Gasteiger partial charge in [-0.2, -0.15) is 63.1 Å². The summed E-state index contributed by atoms with van der Waals surface area (Å²) in [5, 5.41) is 25.0. The Morgan fingerprint density at radius 1 is 0.275 bits per heavy atom. The zero-order valence-corrected chi connectivity index (χ0v) is 57.3. The van der Waals surface area contributed by atoms with Gasteiger partial charge in [-0.05, 0) is 12.2 Å². The summed E-state index contributed by atoms with van der Waals surface area (Å²) in [5.74, 6) is 3.90. The van der Waals surface area contributed by atoms with Gasteiger partial charge in [0.15, 0.2) is 0 Å². The van der Waals surface area contributed by atoms with Crippen LogP contribution in [0.2, 0.25) is 0 Å². The summed E-state index contributed by atoms with van der Waals surface area (Å²) < 4.78 is 60.5. The van der Waals surface area contributed by atoms with E-state index in [0.29, 0.717) is 203 Å². The van der Waals surface area contributed by atoms with Gasteiger partial charge in [0.25, 0.3) is 0 Å². The Balaban J connectivity index is -0.0000000758. The SMILES string of the molecule is CCC.CCC.CCC.CCC.CCC.NCCOCCOCCN.NCCOCCOCCO.NCCOCCOCCS.O=C(CCS)CCCOCCOCCO.OCCOCCOCCS.SCCOCCOCCS. The van der Waals surface area contributed by atoms with Crippen molar-refractivity contribution in [1.29, 1.82) is 0 Å². The van der Waals surface area contributed by atoms with E-state index in [4.69, 9.17) is 95.1 Å². The number of hydrogen-bond donors (Lipinski definition) is 12. The van der Waals surface area contributed by atoms with E-state index >= 15 is 0 Å². The number of ketones is 1. The molecule has 0 aliphatic heterocycles. The molecule has 0 spiro atoms. The smallest absolute Gasteiger partial charge is 0.133 e. The number of hydrogen-bond acceptors (Lipinski definition) is 25. The molecule has 80 heavy (non-hydrogen) atoms. The quantitative estimate of drug-likeness (QED) is 0.0232. The van der Waals surface area contributed by atoms with E-state index in [0.717, 1.165) is 29.4 Å². The Bertz CT molecular complexity index is 694. The third-order valence-electron chi connectivity index (χ3n) is 6.07. The molecular formula is C55H134N4O16S5. The number of Topliss-reactive ketones (excluding diaryl/α,β-unsaturated/α-hetero) is 1. The summed E-state index contributed by atoms with van der Waals surface area (Å²) in [4.78, 5) is 11.1. The fourth-order valence-electron chi connectivity index (χ4n) is 3.34. The van der Waals surface area contributed by atoms with E-state index in [2.05, 4.69) is 132 Å². The Morgan fingerprint density at radius 2 is 0.450 bits per heavy atom. The van der Waals surface area contributed by atoms with Crippen LogP contribution in [-0.4, -0.2) is 254 Å². The summed E-state index contributed by atoms with van der Waals surface area (Å²) in [6.07, 6.45) is 8.12. The molecule has 0 radical (unpaired) electrons. The van der Waals surface area contributed by atoms with Crippen molar-refractivity contribution in [2.45, 2.75) is 121 Å². The summed E-state index contributed by atoms with van der Waals surface area (Å²) in [6.45, 7) is 37.6. The van der Waals surface area contributed by atoms with Crippen LogP contribution in [0.4, 0.5) is 0 Å². The molecule has 0 aliphatic carbocycles. The van der Waals surface area contributed by atoms with Gasteiger partial charge < -0.3 is 95.1 Å². The van der Waals surface area contributed by atoms with Crippen molar-refractivity contribution < 1.29 is 77.0 Å². The highest BCUT2D eigenvalue weighted by Gasteiger charge is 2.00. The average Bonchev–Trinajstić information content (AvgIpc) is 3.44. The molecule has 0 aliphatic rings. The third kappa shape index (κ3) is 200. The lowest BCUT2D eigenvalue weighted by Crippen LogP contribution is -2.14. The lowest BCUT2D eigenvalue weighted by atomic mass is 10.2. The van der Waals surface area contributed by atoms with E-state index in [1.807, 2.05) is 0 Å². The number of carbonyl (C=O) groups is 1. The molecule has 0 atom stereocenters. The molecule has 0 amide bonds. The fraction of sp³-hybridized carbons (Fsp3) is 0.982. The van der Waals surface area contributed by atoms with Crippen LogP contribution >= 0.6 is 63.1 Å². The first-order valence-corrected chi connectivity index (χ1v) is 32.2. The van der Waals surface area contributed by atoms with E-state index in [-0.39, 0.29) is 25.6 Å². The number of nitrogens with two attached hydrogens (primary N) is 4. The Hall–Kier alpha value is 0.660. The predicted octanol–water partition coefficient (Wildman–Crippen LogP) is 6.40. The van der Waals surface area contributed by atoms with Crippen LogP contribution in [0.3, 0.4) is 0 Å². The highest BCUT2D eigenvalue weighted by Crippen LogP contribution is 1.97. The molecule has 0 rings (SSSR count). The molecular weight excluding hydrogens is 1130 g/mol. The second kappa shape index (κ2) is 138. The first kappa shape index (κ1) is 105. The van der Waals surface area contributed by atoms with Gasteiger partial charge in [0, 0.05) is 68.6 Å². The molecule has 20 nitrogen and oxygen atoms in total. The number of ether oxygens (including phenoxy) is 12. The molecule has 0 aromatic rings. The molecule has 0 saturated carbocycles. The van der Waals surface area contributed by atoms with Gasteiger partial charge in [-0.15, -0.1) is 0 Å². The second-order valence-corrected chi connectivity index (χ2v) is 17.5. The Morgan fingerprint density at radius 3 is 0.613 bits per heavy atom. The summed E-state index contributed by atoms with van der Waals surface area (Å²) in [5.41, 5.74) is 20.7. The zero-order valence-electron chi connectivity index (χ0n) is 52.8. The molecule has 0 aromatic carbocycles. The topological polar surface area (TPSA) is 293 Å². The maximum absolute atomic E-state index is 11.1. The molecule has 0 unspecified atom stereocenters. The number of aliphatic hydroxyl groups is 3. The predicted molar refractivity (Wildman–Crippen MR) is 355 cm³/mol. The molecule has 0 aromatic heterocycles. The van der Waals surface area contributed by atoms with Crippen molar-refractivity contribution in [2.75, 3.05) is 233 Å². The molecule has 0 fully saturated rings. The highest BCUT2D eigenvalue weighted by atomic mass is 32.1. The standard InChI is InChI=1S/C10H20O4S.C6H16N2O2.C6H15NO3.C6H15NO2S.C6H14O3S.C6H14O2S2.5C3H8/c11-4-6-14-8-7-13-5-1-2-10(12)3-9-15;2*7-1-3-9-5-6-10-4-2-8;2*7-1-2-8-3-4-9-5-6-10;9-5-3-7-1-2-8-4-6-10;5*1-3-2/h11,15H,1-9H2;1-8H2;8H,1-7H2;10H,1-7H2;7,10H,1-6H2;9-10H,1-6H2;5*3H2,1-2H3. The lowest BCUT2D eigenvalue weighted by molar-refractivity contribution is -0.119. The summed E-state index contributed by atoms with van der Waals surface area (Å²) >= 11 is 19.9. The molecule has 0 bridgehead atoms. The van der Waals surface area contributed by atoms with Crippen LogP contribution in [0.5, 0.6) is 0 Å². The minimum atomic E-state index is 0.0399. The van der Waals surface area contributed by atoms with Crippen molar-refractivity contribution in [3.63, 3.8) is 0 Å². The van der Waals surface area contributed by atoms with Crippen molar-refractivity contribution >= 4 is 68.9 Å². The second-order valence-electron chi connectivity index (χ2n) is 15.2. The summed E-state index contributed by atoms with van der Waals surface area (Å²) in [6, 6.07) is 0. The monoisotopic (exact) mass is 1270 g/mol. The number of thiol groups is 5. The third-order valence-corrected chi connectivity index (χ3v) is 7.02.